The fourth-order valence-corrected chi connectivity index (χ4v) is 2.77. The van der Waals surface area contributed by atoms with Gasteiger partial charge >= 0.3 is 6.09 Å². The number of hydrogen-bond acceptors (Lipinski definition) is 4. The normalized spacial score (nSPS) is 18.3. The highest BCUT2D eigenvalue weighted by molar-refractivity contribution is 5.77. The van der Waals surface area contributed by atoms with Crippen LogP contribution in [0.4, 0.5) is 4.79 Å². The van der Waals surface area contributed by atoms with Gasteiger partial charge in [-0.1, -0.05) is 0 Å². The Morgan fingerprint density at radius 2 is 2.05 bits per heavy atom. The lowest BCUT2D eigenvalue weighted by Crippen LogP contribution is -2.34. The van der Waals surface area contributed by atoms with Crippen LogP contribution in [0.5, 0.6) is 0 Å². The molecule has 0 atom stereocenters. The van der Waals surface area contributed by atoms with Crippen molar-refractivity contribution in [1.82, 2.24) is 14.7 Å². The predicted octanol–water partition coefficient (Wildman–Crippen LogP) is 2.67. The number of nitrogens with zero attached hydrogens (tertiary/aromatic N) is 3. The van der Waals surface area contributed by atoms with Gasteiger partial charge in [0.05, 0.1) is 24.8 Å². The highest BCUT2D eigenvalue weighted by Crippen LogP contribution is 2.36. The van der Waals surface area contributed by atoms with Crippen molar-refractivity contribution in [2.24, 2.45) is 0 Å². The third-order valence-corrected chi connectivity index (χ3v) is 4.02. The second-order valence-electron chi connectivity index (χ2n) is 6.79. The number of fused-ring (bicyclic) bond motifs is 1. The average molecular weight is 291 g/mol. The standard InChI is InChI=1S/C15H21N3O3/c1-15(2,3)21-14(20)17-7-11-12(9-19)16-18(13(11)8-17)10-5-4-6-10/h9-10H,4-8H2,1-3H3. The van der Waals surface area contributed by atoms with Crippen molar-refractivity contribution >= 4 is 12.4 Å². The number of amides is 1. The molecule has 0 saturated heterocycles. The molecule has 0 unspecified atom stereocenters. The molecule has 1 aliphatic heterocycles. The van der Waals surface area contributed by atoms with Crippen molar-refractivity contribution in [3.8, 4) is 0 Å². The molecule has 1 saturated carbocycles. The van der Waals surface area contributed by atoms with Gasteiger partial charge in [-0.15, -0.1) is 0 Å². The minimum atomic E-state index is -0.515. The number of aromatic nitrogens is 2. The summed E-state index contributed by atoms with van der Waals surface area (Å²) in [6.45, 7) is 6.43. The summed E-state index contributed by atoms with van der Waals surface area (Å²) >= 11 is 0. The quantitative estimate of drug-likeness (QED) is 0.786. The van der Waals surface area contributed by atoms with E-state index in [1.807, 2.05) is 25.5 Å². The van der Waals surface area contributed by atoms with Crippen molar-refractivity contribution in [2.75, 3.05) is 0 Å². The fraction of sp³-hybridized carbons (Fsp3) is 0.667. The van der Waals surface area contributed by atoms with Gasteiger partial charge in [0.25, 0.3) is 0 Å². The number of carbonyl (C=O) groups is 2. The summed E-state index contributed by atoms with van der Waals surface area (Å²) in [6.07, 6.45) is 3.84. The van der Waals surface area contributed by atoms with Crippen LogP contribution in [0.3, 0.4) is 0 Å². The zero-order chi connectivity index (χ0) is 15.2. The van der Waals surface area contributed by atoms with Gasteiger partial charge in [0.15, 0.2) is 6.29 Å². The Balaban J connectivity index is 1.81. The van der Waals surface area contributed by atoms with Crippen LogP contribution in [0, 0.1) is 0 Å². The van der Waals surface area contributed by atoms with E-state index in [1.165, 1.54) is 6.42 Å². The smallest absolute Gasteiger partial charge is 0.410 e. The lowest BCUT2D eigenvalue weighted by molar-refractivity contribution is 0.0236. The maximum absolute atomic E-state index is 12.2. The Kier molecular flexibility index (Phi) is 3.26. The minimum absolute atomic E-state index is 0.337. The third-order valence-electron chi connectivity index (χ3n) is 4.02. The van der Waals surface area contributed by atoms with Crippen LogP contribution in [-0.4, -0.2) is 32.7 Å². The molecule has 0 N–H and O–H groups in total. The first-order chi connectivity index (χ1) is 9.89. The van der Waals surface area contributed by atoms with E-state index in [4.69, 9.17) is 4.74 Å². The van der Waals surface area contributed by atoms with E-state index in [0.717, 1.165) is 30.4 Å². The lowest BCUT2D eigenvalue weighted by Gasteiger charge is -2.28. The predicted molar refractivity (Wildman–Crippen MR) is 76.0 cm³/mol. The zero-order valence-corrected chi connectivity index (χ0v) is 12.8. The van der Waals surface area contributed by atoms with E-state index in [-0.39, 0.29) is 6.09 Å². The molecule has 114 valence electrons. The molecule has 6 heteroatoms. The van der Waals surface area contributed by atoms with E-state index in [0.29, 0.717) is 24.8 Å². The molecule has 1 aromatic rings. The largest absolute Gasteiger partial charge is 0.444 e. The summed E-state index contributed by atoms with van der Waals surface area (Å²) in [5.41, 5.74) is 1.82. The molecule has 21 heavy (non-hydrogen) atoms. The summed E-state index contributed by atoms with van der Waals surface area (Å²) < 4.78 is 7.36. The maximum Gasteiger partial charge on any atom is 0.410 e. The molecule has 3 rings (SSSR count). The fourth-order valence-electron chi connectivity index (χ4n) is 2.77. The van der Waals surface area contributed by atoms with Crippen LogP contribution < -0.4 is 0 Å². The first-order valence-electron chi connectivity index (χ1n) is 7.42. The lowest BCUT2D eigenvalue weighted by atomic mass is 9.93. The van der Waals surface area contributed by atoms with Crippen molar-refractivity contribution in [3.63, 3.8) is 0 Å². The molecule has 0 spiro atoms. The molecule has 0 bridgehead atoms. The molecule has 2 heterocycles. The minimum Gasteiger partial charge on any atom is -0.444 e. The molecule has 1 fully saturated rings. The van der Waals surface area contributed by atoms with Gasteiger partial charge in [-0.05, 0) is 40.0 Å². The van der Waals surface area contributed by atoms with Gasteiger partial charge in [-0.3, -0.25) is 14.4 Å². The van der Waals surface area contributed by atoms with E-state index >= 15 is 0 Å². The van der Waals surface area contributed by atoms with Crippen molar-refractivity contribution in [3.05, 3.63) is 17.0 Å². The summed E-state index contributed by atoms with van der Waals surface area (Å²) in [5, 5.41) is 4.41. The Labute approximate surface area is 124 Å². The number of rotatable bonds is 2. The first kappa shape index (κ1) is 14.1. The van der Waals surface area contributed by atoms with Crippen LogP contribution in [0.15, 0.2) is 0 Å². The molecule has 1 amide bonds. The summed E-state index contributed by atoms with van der Waals surface area (Å²) in [7, 11) is 0. The maximum atomic E-state index is 12.2. The van der Waals surface area contributed by atoms with Gasteiger partial charge in [0.1, 0.15) is 11.3 Å². The van der Waals surface area contributed by atoms with E-state index in [1.54, 1.807) is 4.90 Å². The number of hydrogen-bond donors (Lipinski definition) is 0. The van der Waals surface area contributed by atoms with Gasteiger partial charge < -0.3 is 4.74 Å². The molecular weight excluding hydrogens is 270 g/mol. The van der Waals surface area contributed by atoms with Crippen LogP contribution in [0.25, 0.3) is 0 Å². The summed E-state index contributed by atoms with van der Waals surface area (Å²) in [5.74, 6) is 0. The van der Waals surface area contributed by atoms with Crippen LogP contribution >= 0.6 is 0 Å². The molecule has 2 aliphatic rings. The number of carbonyl (C=O) groups excluding carboxylic acids is 2. The molecule has 1 aliphatic carbocycles. The molecule has 0 radical (unpaired) electrons. The average Bonchev–Trinajstić information content (AvgIpc) is 2.85. The summed E-state index contributed by atoms with van der Waals surface area (Å²) in [4.78, 5) is 25.0. The van der Waals surface area contributed by atoms with Crippen LogP contribution in [-0.2, 0) is 17.8 Å². The van der Waals surface area contributed by atoms with E-state index in [2.05, 4.69) is 5.10 Å². The third kappa shape index (κ3) is 2.54. The Bertz CT molecular complexity index is 582. The SMILES string of the molecule is CC(C)(C)OC(=O)N1Cc2c(C=O)nn(C3CCC3)c2C1. The van der Waals surface area contributed by atoms with Gasteiger partial charge in [-0.2, -0.15) is 5.10 Å². The topological polar surface area (TPSA) is 64.4 Å². The van der Waals surface area contributed by atoms with Crippen LogP contribution in [0.1, 0.15) is 67.8 Å². The molecule has 6 nitrogen and oxygen atoms in total. The Morgan fingerprint density at radius 3 is 2.57 bits per heavy atom. The van der Waals surface area contributed by atoms with Crippen molar-refractivity contribution < 1.29 is 14.3 Å². The van der Waals surface area contributed by atoms with Crippen molar-refractivity contribution in [2.45, 2.75) is 64.8 Å². The van der Waals surface area contributed by atoms with Gasteiger partial charge in [0, 0.05) is 5.56 Å². The molecular formula is C15H21N3O3. The zero-order valence-electron chi connectivity index (χ0n) is 12.8. The number of ether oxygens (including phenoxy) is 1. The van der Waals surface area contributed by atoms with Crippen molar-refractivity contribution in [1.29, 1.82) is 0 Å². The number of aldehydes is 1. The first-order valence-corrected chi connectivity index (χ1v) is 7.42. The molecule has 1 aromatic heterocycles. The summed E-state index contributed by atoms with van der Waals surface area (Å²) in [6, 6.07) is 0.381. The second-order valence-corrected chi connectivity index (χ2v) is 6.79. The Hall–Kier alpha value is -1.85. The van der Waals surface area contributed by atoms with Gasteiger partial charge in [-0.25, -0.2) is 4.79 Å². The Morgan fingerprint density at radius 1 is 1.33 bits per heavy atom. The molecule has 0 aromatic carbocycles. The van der Waals surface area contributed by atoms with E-state index < -0.39 is 5.60 Å². The van der Waals surface area contributed by atoms with Gasteiger partial charge in [0.2, 0.25) is 0 Å². The highest BCUT2D eigenvalue weighted by atomic mass is 16.6. The van der Waals surface area contributed by atoms with Crippen LogP contribution in [0.2, 0.25) is 0 Å². The van der Waals surface area contributed by atoms with E-state index in [9.17, 15) is 9.59 Å². The monoisotopic (exact) mass is 291 g/mol. The second kappa shape index (κ2) is 4.86. The highest BCUT2D eigenvalue weighted by Gasteiger charge is 2.35.